The quantitative estimate of drug-likeness (QED) is 0.846. The number of hydrogen-bond acceptors (Lipinski definition) is 4. The Labute approximate surface area is 124 Å². The number of aromatic amines is 1. The molecule has 0 radical (unpaired) electrons. The van der Waals surface area contributed by atoms with Gasteiger partial charge >= 0.3 is 0 Å². The first-order valence-corrected chi connectivity index (χ1v) is 7.82. The number of ether oxygens (including phenoxy) is 2. The molecule has 0 spiro atoms. The molecule has 21 heavy (non-hydrogen) atoms. The maximum atomic E-state index is 5.75. The average Bonchev–Trinajstić information content (AvgIpc) is 2.76. The molecule has 1 aromatic carbocycles. The van der Waals surface area contributed by atoms with E-state index in [0.717, 1.165) is 54.2 Å². The fraction of sp³-hybridized carbons (Fsp3) is 0.562. The van der Waals surface area contributed by atoms with Gasteiger partial charge in [-0.2, -0.15) is 0 Å². The molecule has 5 nitrogen and oxygen atoms in total. The van der Waals surface area contributed by atoms with Gasteiger partial charge in [-0.25, -0.2) is 4.98 Å². The van der Waals surface area contributed by atoms with Crippen molar-refractivity contribution >= 4 is 11.0 Å². The SMILES string of the molecule is CC1CC(c2nc3cc4c(cc3[nH]2)OCCCO4)CCN1. The van der Waals surface area contributed by atoms with Crippen LogP contribution in [0.4, 0.5) is 0 Å². The van der Waals surface area contributed by atoms with Crippen molar-refractivity contribution in [3.63, 3.8) is 0 Å². The van der Waals surface area contributed by atoms with E-state index in [0.29, 0.717) is 25.2 Å². The molecule has 2 aliphatic heterocycles. The second-order valence-corrected chi connectivity index (χ2v) is 6.07. The Hall–Kier alpha value is -1.75. The molecule has 2 aliphatic rings. The Morgan fingerprint density at radius 3 is 2.81 bits per heavy atom. The van der Waals surface area contributed by atoms with Crippen molar-refractivity contribution in [2.75, 3.05) is 19.8 Å². The number of hydrogen-bond donors (Lipinski definition) is 2. The van der Waals surface area contributed by atoms with Gasteiger partial charge in [0, 0.05) is 30.5 Å². The number of imidazole rings is 1. The van der Waals surface area contributed by atoms with Crippen LogP contribution in [0.15, 0.2) is 12.1 Å². The van der Waals surface area contributed by atoms with Crippen LogP contribution in [-0.2, 0) is 0 Å². The fourth-order valence-electron chi connectivity index (χ4n) is 3.26. The zero-order valence-corrected chi connectivity index (χ0v) is 12.3. The van der Waals surface area contributed by atoms with E-state index in [1.165, 1.54) is 0 Å². The van der Waals surface area contributed by atoms with Crippen LogP contribution in [0, 0.1) is 0 Å². The molecular weight excluding hydrogens is 266 g/mol. The van der Waals surface area contributed by atoms with Crippen LogP contribution in [0.1, 0.15) is 37.9 Å². The molecule has 1 fully saturated rings. The Morgan fingerprint density at radius 1 is 1.19 bits per heavy atom. The number of nitrogens with zero attached hydrogens (tertiary/aromatic N) is 1. The van der Waals surface area contributed by atoms with Gasteiger partial charge < -0.3 is 19.8 Å². The number of piperidine rings is 1. The Balaban J connectivity index is 1.69. The zero-order valence-electron chi connectivity index (χ0n) is 12.3. The Morgan fingerprint density at radius 2 is 2.00 bits per heavy atom. The van der Waals surface area contributed by atoms with Gasteiger partial charge in [0.25, 0.3) is 0 Å². The lowest BCUT2D eigenvalue weighted by atomic mass is 9.93. The molecule has 2 unspecified atom stereocenters. The van der Waals surface area contributed by atoms with Crippen LogP contribution in [0.25, 0.3) is 11.0 Å². The second-order valence-electron chi connectivity index (χ2n) is 6.07. The van der Waals surface area contributed by atoms with Gasteiger partial charge in [-0.1, -0.05) is 0 Å². The van der Waals surface area contributed by atoms with Gasteiger partial charge in [-0.05, 0) is 26.3 Å². The molecule has 3 heterocycles. The third kappa shape index (κ3) is 2.46. The Bertz CT molecular complexity index is 609. The van der Waals surface area contributed by atoms with E-state index in [9.17, 15) is 0 Å². The van der Waals surface area contributed by atoms with Crippen molar-refractivity contribution in [2.24, 2.45) is 0 Å². The number of H-pyrrole nitrogens is 1. The molecule has 5 heteroatoms. The van der Waals surface area contributed by atoms with Crippen molar-refractivity contribution in [1.29, 1.82) is 0 Å². The van der Waals surface area contributed by atoms with Crippen LogP contribution in [-0.4, -0.2) is 35.8 Å². The van der Waals surface area contributed by atoms with Gasteiger partial charge in [-0.3, -0.25) is 0 Å². The maximum Gasteiger partial charge on any atom is 0.163 e. The van der Waals surface area contributed by atoms with Crippen molar-refractivity contribution in [3.8, 4) is 11.5 Å². The molecule has 2 N–H and O–H groups in total. The lowest BCUT2D eigenvalue weighted by Crippen LogP contribution is -2.35. The minimum atomic E-state index is 0.510. The standard InChI is InChI=1S/C16H21N3O2/c1-10-7-11(3-4-17-10)16-18-12-8-14-15(9-13(12)19-16)21-6-2-5-20-14/h8-11,17H,2-7H2,1H3,(H,18,19). The summed E-state index contributed by atoms with van der Waals surface area (Å²) in [6.45, 7) is 4.72. The number of fused-ring (bicyclic) bond motifs is 2. The van der Waals surface area contributed by atoms with Gasteiger partial charge in [0.05, 0.1) is 24.2 Å². The molecule has 4 rings (SSSR count). The summed E-state index contributed by atoms with van der Waals surface area (Å²) in [5, 5.41) is 3.49. The predicted molar refractivity (Wildman–Crippen MR) is 81.1 cm³/mol. The third-order valence-corrected chi connectivity index (χ3v) is 4.38. The van der Waals surface area contributed by atoms with Crippen molar-refractivity contribution in [1.82, 2.24) is 15.3 Å². The average molecular weight is 287 g/mol. The van der Waals surface area contributed by atoms with E-state index in [-0.39, 0.29) is 0 Å². The van der Waals surface area contributed by atoms with E-state index in [1.54, 1.807) is 0 Å². The molecule has 0 bridgehead atoms. The zero-order chi connectivity index (χ0) is 14.2. The topological polar surface area (TPSA) is 59.2 Å². The Kier molecular flexibility index (Phi) is 3.22. The molecule has 2 atom stereocenters. The first-order chi connectivity index (χ1) is 10.3. The smallest absolute Gasteiger partial charge is 0.163 e. The lowest BCUT2D eigenvalue weighted by molar-refractivity contribution is 0.297. The summed E-state index contributed by atoms with van der Waals surface area (Å²) in [4.78, 5) is 8.27. The first-order valence-electron chi connectivity index (χ1n) is 7.82. The van der Waals surface area contributed by atoms with Crippen LogP contribution < -0.4 is 14.8 Å². The van der Waals surface area contributed by atoms with Gasteiger partial charge in [0.1, 0.15) is 5.82 Å². The van der Waals surface area contributed by atoms with E-state index < -0.39 is 0 Å². The number of rotatable bonds is 1. The van der Waals surface area contributed by atoms with E-state index in [2.05, 4.69) is 17.2 Å². The highest BCUT2D eigenvalue weighted by Gasteiger charge is 2.23. The van der Waals surface area contributed by atoms with Crippen molar-refractivity contribution in [2.45, 2.75) is 38.1 Å². The van der Waals surface area contributed by atoms with Crippen molar-refractivity contribution in [3.05, 3.63) is 18.0 Å². The molecule has 2 aromatic rings. The third-order valence-electron chi connectivity index (χ3n) is 4.38. The van der Waals surface area contributed by atoms with Crippen LogP contribution in [0.3, 0.4) is 0 Å². The minimum Gasteiger partial charge on any atom is -0.489 e. The number of nitrogens with one attached hydrogen (secondary N) is 2. The monoisotopic (exact) mass is 287 g/mol. The summed E-state index contributed by atoms with van der Waals surface area (Å²) in [5.41, 5.74) is 2.01. The summed E-state index contributed by atoms with van der Waals surface area (Å²) in [5.74, 6) is 3.25. The second kappa shape index (κ2) is 5.22. The van der Waals surface area contributed by atoms with Gasteiger partial charge in [-0.15, -0.1) is 0 Å². The van der Waals surface area contributed by atoms with Crippen molar-refractivity contribution < 1.29 is 9.47 Å². The molecule has 1 aromatic heterocycles. The molecule has 0 saturated carbocycles. The molecule has 0 aliphatic carbocycles. The van der Waals surface area contributed by atoms with Crippen LogP contribution in [0.2, 0.25) is 0 Å². The summed E-state index contributed by atoms with van der Waals surface area (Å²) in [6, 6.07) is 4.58. The largest absolute Gasteiger partial charge is 0.489 e. The minimum absolute atomic E-state index is 0.510. The van der Waals surface area contributed by atoms with E-state index >= 15 is 0 Å². The summed E-state index contributed by atoms with van der Waals surface area (Å²) >= 11 is 0. The molecule has 112 valence electrons. The highest BCUT2D eigenvalue weighted by Crippen LogP contribution is 2.35. The number of aromatic nitrogens is 2. The van der Waals surface area contributed by atoms with Gasteiger partial charge in [0.15, 0.2) is 11.5 Å². The summed E-state index contributed by atoms with van der Waals surface area (Å²) in [6.07, 6.45) is 3.19. The summed E-state index contributed by atoms with van der Waals surface area (Å²) in [7, 11) is 0. The van der Waals surface area contributed by atoms with Crippen LogP contribution >= 0.6 is 0 Å². The summed E-state index contributed by atoms with van der Waals surface area (Å²) < 4.78 is 11.5. The fourth-order valence-corrected chi connectivity index (χ4v) is 3.26. The van der Waals surface area contributed by atoms with Gasteiger partial charge in [0.2, 0.25) is 0 Å². The first kappa shape index (κ1) is 13.0. The highest BCUT2D eigenvalue weighted by molar-refractivity contribution is 5.80. The predicted octanol–water partition coefficient (Wildman–Crippen LogP) is 2.58. The van der Waals surface area contributed by atoms with E-state index in [4.69, 9.17) is 14.5 Å². The molecule has 1 saturated heterocycles. The molecule has 0 amide bonds. The van der Waals surface area contributed by atoms with E-state index in [1.807, 2.05) is 12.1 Å². The molecular formula is C16H21N3O2. The number of benzene rings is 1. The van der Waals surface area contributed by atoms with Crippen LogP contribution in [0.5, 0.6) is 11.5 Å². The maximum absolute atomic E-state index is 5.75. The lowest BCUT2D eigenvalue weighted by Gasteiger charge is -2.26. The normalized spacial score (nSPS) is 25.8. The highest BCUT2D eigenvalue weighted by atomic mass is 16.5.